The van der Waals surface area contributed by atoms with Crippen LogP contribution in [-0.2, 0) is 9.59 Å². The van der Waals surface area contributed by atoms with Gasteiger partial charge in [0.1, 0.15) is 5.75 Å². The van der Waals surface area contributed by atoms with E-state index in [2.05, 4.69) is 10.6 Å². The molecule has 2 heterocycles. The van der Waals surface area contributed by atoms with Gasteiger partial charge in [0.15, 0.2) is 0 Å². The number of thioether (sulfide) groups is 1. The van der Waals surface area contributed by atoms with E-state index in [-0.39, 0.29) is 29.2 Å². The highest BCUT2D eigenvalue weighted by Crippen LogP contribution is 2.34. The second-order valence-corrected chi connectivity index (χ2v) is 7.63. The van der Waals surface area contributed by atoms with Gasteiger partial charge in [-0.15, -0.1) is 11.8 Å². The van der Waals surface area contributed by atoms with Crippen molar-refractivity contribution >= 4 is 29.6 Å². The lowest BCUT2D eigenvalue weighted by Crippen LogP contribution is -2.72. The quantitative estimate of drug-likeness (QED) is 0.639. The lowest BCUT2D eigenvalue weighted by atomic mass is 9.96. The van der Waals surface area contributed by atoms with Gasteiger partial charge in [-0.05, 0) is 17.7 Å². The Morgan fingerprint density at radius 1 is 1.22 bits per heavy atom. The van der Waals surface area contributed by atoms with Crippen LogP contribution < -0.4 is 21.1 Å². The van der Waals surface area contributed by atoms with E-state index in [4.69, 9.17) is 10.5 Å². The number of hydrogen-bond acceptors (Lipinski definition) is 7. The molecule has 146 valence electrons. The standard InChI is InChI=1S/C17H23N5O4S/c1-21-14-12(16(24)22(2)17(21)25)15(27-8-11(18)23)20-13(19-14)9-4-6-10(26-3)7-5-9/h4-7,12-15,19-20H,8H2,1-3H3,(H2,18,23). The Kier molecular flexibility index (Phi) is 5.59. The van der Waals surface area contributed by atoms with E-state index in [1.54, 1.807) is 14.2 Å². The Balaban J connectivity index is 1.90. The first-order chi connectivity index (χ1) is 12.8. The highest BCUT2D eigenvalue weighted by molar-refractivity contribution is 8.00. The Morgan fingerprint density at radius 2 is 1.89 bits per heavy atom. The van der Waals surface area contributed by atoms with Gasteiger partial charge in [0.25, 0.3) is 0 Å². The molecule has 0 bridgehead atoms. The molecule has 1 aromatic rings. The molecule has 4 unspecified atom stereocenters. The van der Waals surface area contributed by atoms with E-state index in [0.717, 1.165) is 16.2 Å². The zero-order valence-electron chi connectivity index (χ0n) is 15.3. The van der Waals surface area contributed by atoms with Gasteiger partial charge in [-0.25, -0.2) is 4.79 Å². The number of nitrogens with zero attached hydrogens (tertiary/aromatic N) is 2. The summed E-state index contributed by atoms with van der Waals surface area (Å²) in [4.78, 5) is 39.0. The second-order valence-electron chi connectivity index (χ2n) is 6.50. The number of fused-ring (bicyclic) bond motifs is 1. The van der Waals surface area contributed by atoms with Crippen LogP contribution in [0.4, 0.5) is 4.79 Å². The molecular formula is C17H23N5O4S. The maximum absolute atomic E-state index is 12.7. The van der Waals surface area contributed by atoms with Gasteiger partial charge >= 0.3 is 6.03 Å². The van der Waals surface area contributed by atoms with Crippen molar-refractivity contribution in [1.82, 2.24) is 20.4 Å². The Morgan fingerprint density at radius 3 is 2.48 bits per heavy atom. The number of nitrogens with one attached hydrogen (secondary N) is 2. The molecule has 4 N–H and O–H groups in total. The first-order valence-electron chi connectivity index (χ1n) is 8.43. The monoisotopic (exact) mass is 393 g/mol. The summed E-state index contributed by atoms with van der Waals surface area (Å²) in [7, 11) is 4.71. The van der Waals surface area contributed by atoms with Crippen LogP contribution in [0.25, 0.3) is 0 Å². The van der Waals surface area contributed by atoms with Crippen molar-refractivity contribution in [2.75, 3.05) is 27.0 Å². The van der Waals surface area contributed by atoms with Gasteiger partial charge in [0, 0.05) is 14.1 Å². The van der Waals surface area contributed by atoms with E-state index in [9.17, 15) is 14.4 Å². The molecule has 2 saturated heterocycles. The fraction of sp³-hybridized carbons (Fsp3) is 0.471. The number of nitrogens with two attached hydrogens (primary N) is 1. The molecule has 3 rings (SSSR count). The third kappa shape index (κ3) is 3.73. The highest BCUT2D eigenvalue weighted by Gasteiger charge is 2.51. The summed E-state index contributed by atoms with van der Waals surface area (Å²) >= 11 is 1.27. The number of imide groups is 1. The first-order valence-corrected chi connectivity index (χ1v) is 9.48. The van der Waals surface area contributed by atoms with Crippen LogP contribution in [0.3, 0.4) is 0 Å². The van der Waals surface area contributed by atoms with E-state index in [0.29, 0.717) is 0 Å². The van der Waals surface area contributed by atoms with Gasteiger partial charge in [-0.2, -0.15) is 0 Å². The number of benzene rings is 1. The summed E-state index contributed by atoms with van der Waals surface area (Å²) in [5.41, 5.74) is 6.21. The maximum Gasteiger partial charge on any atom is 0.327 e. The van der Waals surface area contributed by atoms with E-state index in [1.165, 1.54) is 23.7 Å². The van der Waals surface area contributed by atoms with Crippen LogP contribution in [-0.4, -0.2) is 66.1 Å². The average molecular weight is 393 g/mol. The Hall–Kier alpha value is -2.30. The summed E-state index contributed by atoms with van der Waals surface area (Å²) < 4.78 is 5.19. The van der Waals surface area contributed by atoms with E-state index >= 15 is 0 Å². The third-order valence-electron chi connectivity index (χ3n) is 4.81. The largest absolute Gasteiger partial charge is 0.497 e. The number of amides is 4. The summed E-state index contributed by atoms with van der Waals surface area (Å²) in [5, 5.41) is 6.31. The highest BCUT2D eigenvalue weighted by atomic mass is 32.2. The number of primary amides is 1. The normalized spacial score (nSPS) is 28.1. The van der Waals surface area contributed by atoms with Crippen molar-refractivity contribution in [2.24, 2.45) is 11.7 Å². The predicted molar refractivity (Wildman–Crippen MR) is 101 cm³/mol. The Bertz CT molecular complexity index is 743. The van der Waals surface area contributed by atoms with Crippen molar-refractivity contribution in [1.29, 1.82) is 0 Å². The molecule has 0 aromatic heterocycles. The topological polar surface area (TPSA) is 117 Å². The molecule has 0 saturated carbocycles. The lowest BCUT2D eigenvalue weighted by molar-refractivity contribution is -0.140. The molecule has 0 spiro atoms. The van der Waals surface area contributed by atoms with Crippen LogP contribution in [0, 0.1) is 5.92 Å². The SMILES string of the molecule is COc1ccc(C2NC(SCC(N)=O)C3C(=O)N(C)C(=O)N(C)C3N2)cc1. The fourth-order valence-corrected chi connectivity index (χ4v) is 4.41. The molecule has 2 aliphatic heterocycles. The molecule has 0 radical (unpaired) electrons. The van der Waals surface area contributed by atoms with Gasteiger partial charge in [-0.1, -0.05) is 12.1 Å². The summed E-state index contributed by atoms with van der Waals surface area (Å²) in [5.74, 6) is -0.493. The lowest BCUT2D eigenvalue weighted by Gasteiger charge is -2.50. The molecule has 1 aromatic carbocycles. The van der Waals surface area contributed by atoms with Crippen molar-refractivity contribution in [3.05, 3.63) is 29.8 Å². The molecule has 2 aliphatic rings. The minimum atomic E-state index is -0.545. The smallest absolute Gasteiger partial charge is 0.327 e. The molecular weight excluding hydrogens is 370 g/mol. The summed E-state index contributed by atoms with van der Waals surface area (Å²) in [6, 6.07) is 7.11. The molecule has 4 amide bonds. The summed E-state index contributed by atoms with van der Waals surface area (Å²) in [6.45, 7) is 0. The minimum Gasteiger partial charge on any atom is -0.497 e. The molecule has 4 atom stereocenters. The van der Waals surface area contributed by atoms with Crippen molar-refractivity contribution in [3.63, 3.8) is 0 Å². The zero-order chi connectivity index (χ0) is 19.7. The number of methoxy groups -OCH3 is 1. The predicted octanol–water partition coefficient (Wildman–Crippen LogP) is -0.103. The van der Waals surface area contributed by atoms with Gasteiger partial charge in [0.2, 0.25) is 11.8 Å². The number of carbonyl (C=O) groups excluding carboxylic acids is 3. The number of rotatable bonds is 5. The first kappa shape index (κ1) is 19.5. The van der Waals surface area contributed by atoms with Crippen LogP contribution >= 0.6 is 11.8 Å². The third-order valence-corrected chi connectivity index (χ3v) is 6.05. The summed E-state index contributed by atoms with van der Waals surface area (Å²) in [6.07, 6.45) is -0.811. The van der Waals surface area contributed by atoms with Crippen molar-refractivity contribution < 1.29 is 19.1 Å². The van der Waals surface area contributed by atoms with Crippen LogP contribution in [0.5, 0.6) is 5.75 Å². The maximum atomic E-state index is 12.7. The number of ether oxygens (including phenoxy) is 1. The molecule has 2 fully saturated rings. The van der Waals surface area contributed by atoms with Gasteiger partial charge in [-0.3, -0.25) is 25.1 Å². The number of hydrogen-bond donors (Lipinski definition) is 3. The van der Waals surface area contributed by atoms with E-state index in [1.807, 2.05) is 24.3 Å². The molecule has 9 nitrogen and oxygen atoms in total. The van der Waals surface area contributed by atoms with Crippen LogP contribution in [0.1, 0.15) is 11.7 Å². The number of urea groups is 1. The van der Waals surface area contributed by atoms with Crippen molar-refractivity contribution in [2.45, 2.75) is 17.7 Å². The second kappa shape index (κ2) is 7.75. The van der Waals surface area contributed by atoms with Crippen LogP contribution in [0.15, 0.2) is 24.3 Å². The molecule has 0 aliphatic carbocycles. The zero-order valence-corrected chi connectivity index (χ0v) is 16.2. The van der Waals surface area contributed by atoms with Crippen LogP contribution in [0.2, 0.25) is 0 Å². The van der Waals surface area contributed by atoms with Crippen molar-refractivity contribution in [3.8, 4) is 5.75 Å². The molecule has 27 heavy (non-hydrogen) atoms. The minimum absolute atomic E-state index is 0.0743. The van der Waals surface area contributed by atoms with Gasteiger partial charge < -0.3 is 15.4 Å². The average Bonchev–Trinajstić information content (AvgIpc) is 2.68. The Labute approximate surface area is 161 Å². The fourth-order valence-electron chi connectivity index (χ4n) is 3.36. The molecule has 10 heteroatoms. The number of carbonyl (C=O) groups is 3. The van der Waals surface area contributed by atoms with E-state index < -0.39 is 18.0 Å². The van der Waals surface area contributed by atoms with Gasteiger partial charge in [0.05, 0.1) is 36.5 Å².